The molecule has 18 heavy (non-hydrogen) atoms. The van der Waals surface area contributed by atoms with Gasteiger partial charge in [0, 0.05) is 6.61 Å². The molecule has 0 aromatic carbocycles. The maximum Gasteiger partial charge on any atom is 0.344 e. The van der Waals surface area contributed by atoms with Crippen molar-refractivity contribution in [1.82, 2.24) is 14.8 Å². The van der Waals surface area contributed by atoms with Gasteiger partial charge in [-0.1, -0.05) is 11.8 Å². The summed E-state index contributed by atoms with van der Waals surface area (Å²) in [6.45, 7) is 2.59. The van der Waals surface area contributed by atoms with Crippen LogP contribution in [0.25, 0.3) is 0 Å². The molecule has 1 fully saturated rings. The van der Waals surface area contributed by atoms with E-state index in [9.17, 15) is 9.59 Å². The van der Waals surface area contributed by atoms with Crippen LogP contribution in [0.1, 0.15) is 25.8 Å². The number of carbonyl (C=O) groups is 1. The van der Waals surface area contributed by atoms with Crippen molar-refractivity contribution in [3.05, 3.63) is 10.5 Å². The van der Waals surface area contributed by atoms with Crippen molar-refractivity contribution in [2.45, 2.75) is 37.1 Å². The van der Waals surface area contributed by atoms with Gasteiger partial charge >= 0.3 is 11.7 Å². The largest absolute Gasteiger partial charge is 0.481 e. The van der Waals surface area contributed by atoms with Crippen LogP contribution < -0.4 is 5.69 Å². The number of aliphatic carboxylic acids is 1. The fraction of sp³-hybridized carbons (Fsp3) is 0.700. The molecule has 0 amide bonds. The van der Waals surface area contributed by atoms with E-state index in [1.807, 2.05) is 6.92 Å². The molecule has 2 unspecified atom stereocenters. The van der Waals surface area contributed by atoms with E-state index < -0.39 is 5.97 Å². The lowest BCUT2D eigenvalue weighted by Gasteiger charge is -2.20. The van der Waals surface area contributed by atoms with Gasteiger partial charge < -0.3 is 9.84 Å². The lowest BCUT2D eigenvalue weighted by atomic mass is 10.1. The minimum atomic E-state index is -0.938. The van der Waals surface area contributed by atoms with Crippen molar-refractivity contribution in [3.63, 3.8) is 0 Å². The predicted molar refractivity (Wildman–Crippen MR) is 64.9 cm³/mol. The van der Waals surface area contributed by atoms with Gasteiger partial charge in [-0.15, -0.1) is 5.10 Å². The van der Waals surface area contributed by atoms with Crippen molar-refractivity contribution in [3.8, 4) is 0 Å². The summed E-state index contributed by atoms with van der Waals surface area (Å²) in [6.07, 6.45) is 1.88. The smallest absolute Gasteiger partial charge is 0.344 e. The highest BCUT2D eigenvalue weighted by Crippen LogP contribution is 2.26. The minimum absolute atomic E-state index is 0.00974. The van der Waals surface area contributed by atoms with Crippen molar-refractivity contribution < 1.29 is 14.6 Å². The van der Waals surface area contributed by atoms with Crippen LogP contribution in [0.2, 0.25) is 0 Å². The molecule has 0 aliphatic carbocycles. The van der Waals surface area contributed by atoms with E-state index in [0.717, 1.165) is 24.6 Å². The summed E-state index contributed by atoms with van der Waals surface area (Å²) in [4.78, 5) is 22.3. The van der Waals surface area contributed by atoms with E-state index in [1.165, 1.54) is 4.57 Å². The Labute approximate surface area is 108 Å². The summed E-state index contributed by atoms with van der Waals surface area (Å²) < 4.78 is 7.02. The number of carboxylic acids is 1. The van der Waals surface area contributed by atoms with Gasteiger partial charge in [-0.05, 0) is 19.8 Å². The Morgan fingerprint density at radius 2 is 2.56 bits per heavy atom. The third-order valence-corrected chi connectivity index (χ3v) is 3.84. The molecule has 2 heterocycles. The molecule has 0 bridgehead atoms. The fourth-order valence-electron chi connectivity index (χ4n) is 2.03. The van der Waals surface area contributed by atoms with Crippen LogP contribution in [0.5, 0.6) is 0 Å². The van der Waals surface area contributed by atoms with Crippen LogP contribution in [0, 0.1) is 0 Å². The zero-order chi connectivity index (χ0) is 13.1. The molecule has 7 nitrogen and oxygen atoms in total. The van der Waals surface area contributed by atoms with Gasteiger partial charge in [0.05, 0.1) is 17.9 Å². The van der Waals surface area contributed by atoms with Crippen LogP contribution in [-0.4, -0.2) is 44.3 Å². The van der Waals surface area contributed by atoms with Crippen molar-refractivity contribution >= 4 is 17.7 Å². The monoisotopic (exact) mass is 273 g/mol. The molecule has 0 spiro atoms. The highest BCUT2D eigenvalue weighted by atomic mass is 32.2. The van der Waals surface area contributed by atoms with Gasteiger partial charge in [0.1, 0.15) is 0 Å². The topological polar surface area (TPSA) is 97.2 Å². The third kappa shape index (κ3) is 2.75. The van der Waals surface area contributed by atoms with Crippen molar-refractivity contribution in [1.29, 1.82) is 0 Å². The third-order valence-electron chi connectivity index (χ3n) is 2.91. The van der Waals surface area contributed by atoms with Gasteiger partial charge in [-0.2, -0.15) is 0 Å². The Morgan fingerprint density at radius 1 is 1.78 bits per heavy atom. The number of aromatic amines is 1. The normalized spacial score (nSPS) is 21.1. The van der Waals surface area contributed by atoms with Crippen LogP contribution in [0.4, 0.5) is 0 Å². The Kier molecular flexibility index (Phi) is 4.07. The maximum atomic E-state index is 11.7. The van der Waals surface area contributed by atoms with E-state index in [0.29, 0.717) is 11.8 Å². The molecule has 2 atom stereocenters. The summed E-state index contributed by atoms with van der Waals surface area (Å²) >= 11 is 1.03. The summed E-state index contributed by atoms with van der Waals surface area (Å²) in [5.41, 5.74) is -0.328. The number of hydrogen-bond donors (Lipinski definition) is 2. The first-order valence-corrected chi connectivity index (χ1v) is 6.71. The molecule has 1 aliphatic heterocycles. The molecular formula is C10H15N3O4S. The molecule has 8 heteroatoms. The summed E-state index contributed by atoms with van der Waals surface area (Å²) in [5.74, 6) is -1.06. The molecule has 2 N–H and O–H groups in total. The number of carboxylic acid groups (broad SMARTS) is 1. The fourth-order valence-corrected chi connectivity index (χ4v) is 2.78. The maximum absolute atomic E-state index is 11.7. The zero-order valence-electron chi connectivity index (χ0n) is 9.96. The van der Waals surface area contributed by atoms with E-state index >= 15 is 0 Å². The number of hydrogen-bond acceptors (Lipinski definition) is 5. The van der Waals surface area contributed by atoms with Crippen molar-refractivity contribution in [2.75, 3.05) is 12.4 Å². The standard InChI is InChI=1S/C10H15N3O4S/c1-6(7-3-2-4-17-7)13-9(16)11-12-10(13)18-5-8(14)15/h6-7H,2-5H2,1H3,(H,11,16)(H,14,15). The number of ether oxygens (including phenoxy) is 1. The van der Waals surface area contributed by atoms with Crippen LogP contribution >= 0.6 is 11.8 Å². The van der Waals surface area contributed by atoms with E-state index in [2.05, 4.69) is 10.2 Å². The lowest BCUT2D eigenvalue weighted by molar-refractivity contribution is -0.133. The second-order valence-electron chi connectivity index (χ2n) is 4.16. The van der Waals surface area contributed by atoms with E-state index in [1.54, 1.807) is 0 Å². The highest BCUT2D eigenvalue weighted by Gasteiger charge is 2.27. The molecule has 0 radical (unpaired) electrons. The van der Waals surface area contributed by atoms with Gasteiger partial charge in [0.25, 0.3) is 0 Å². The first-order chi connectivity index (χ1) is 8.59. The SMILES string of the molecule is CC(C1CCCO1)n1c(SCC(=O)O)n[nH]c1=O. The Hall–Kier alpha value is -1.28. The van der Waals surface area contributed by atoms with Crippen LogP contribution in [0.3, 0.4) is 0 Å². The first kappa shape index (κ1) is 13.2. The molecule has 0 saturated carbocycles. The Bertz CT molecular complexity index is 478. The van der Waals surface area contributed by atoms with Gasteiger partial charge in [-0.3, -0.25) is 9.36 Å². The van der Waals surface area contributed by atoms with Crippen LogP contribution in [0.15, 0.2) is 9.95 Å². The molecule has 2 rings (SSSR count). The average Bonchev–Trinajstić information content (AvgIpc) is 2.94. The molecule has 100 valence electrons. The molecular weight excluding hydrogens is 258 g/mol. The van der Waals surface area contributed by atoms with E-state index in [4.69, 9.17) is 9.84 Å². The molecule has 1 aromatic rings. The summed E-state index contributed by atoms with van der Waals surface area (Å²) in [5, 5.41) is 15.2. The second kappa shape index (κ2) is 5.57. The first-order valence-electron chi connectivity index (χ1n) is 5.72. The number of aromatic nitrogens is 3. The minimum Gasteiger partial charge on any atom is -0.481 e. The number of H-pyrrole nitrogens is 1. The highest BCUT2D eigenvalue weighted by molar-refractivity contribution is 7.99. The van der Waals surface area contributed by atoms with Gasteiger partial charge in [0.15, 0.2) is 5.16 Å². The lowest BCUT2D eigenvalue weighted by Crippen LogP contribution is -2.29. The summed E-state index contributed by atoms with van der Waals surface area (Å²) in [6, 6.07) is -0.143. The van der Waals surface area contributed by atoms with Crippen LogP contribution in [-0.2, 0) is 9.53 Å². The number of nitrogens with one attached hydrogen (secondary N) is 1. The Morgan fingerprint density at radius 3 is 3.17 bits per heavy atom. The Balaban J connectivity index is 2.17. The second-order valence-corrected chi connectivity index (χ2v) is 5.10. The molecule has 1 aromatic heterocycles. The summed E-state index contributed by atoms with van der Waals surface area (Å²) in [7, 11) is 0. The van der Waals surface area contributed by atoms with Gasteiger partial charge in [0.2, 0.25) is 0 Å². The predicted octanol–water partition coefficient (Wildman–Crippen LogP) is 0.488. The number of rotatable bonds is 5. The average molecular weight is 273 g/mol. The van der Waals surface area contributed by atoms with Crippen molar-refractivity contribution in [2.24, 2.45) is 0 Å². The molecule has 1 saturated heterocycles. The van der Waals surface area contributed by atoms with E-state index in [-0.39, 0.29) is 23.6 Å². The quantitative estimate of drug-likeness (QED) is 0.758. The molecule has 1 aliphatic rings. The number of thioether (sulfide) groups is 1. The van der Waals surface area contributed by atoms with Gasteiger partial charge in [-0.25, -0.2) is 9.89 Å². The number of nitrogens with zero attached hydrogens (tertiary/aromatic N) is 2. The zero-order valence-corrected chi connectivity index (χ0v) is 10.8.